The molecule has 5 heteroatoms. The molecule has 1 aromatic carbocycles. The fraction of sp³-hybridized carbons (Fsp3) is 0.200. The third-order valence-corrected chi connectivity index (χ3v) is 2.06. The van der Waals surface area contributed by atoms with Crippen LogP contribution in [0.15, 0.2) is 24.4 Å². The Labute approximate surface area is 85.4 Å². The van der Waals surface area contributed by atoms with Crippen molar-refractivity contribution in [2.24, 2.45) is 5.73 Å². The number of allylic oxidation sites excluding steroid dienone is 1. The number of hydrogen-bond donors (Lipinski definition) is 2. The van der Waals surface area contributed by atoms with E-state index in [-0.39, 0.29) is 5.69 Å². The molecule has 82 valence electrons. The lowest BCUT2D eigenvalue weighted by atomic mass is 10.0. The first-order valence-electron chi connectivity index (χ1n) is 4.22. The van der Waals surface area contributed by atoms with Crippen molar-refractivity contribution in [3.63, 3.8) is 0 Å². The predicted octanol–water partition coefficient (Wildman–Crippen LogP) is 2.61. The molecule has 0 aliphatic rings. The topological polar surface area (TPSA) is 52.0 Å². The average Bonchev–Trinajstić information content (AvgIpc) is 2.15. The van der Waals surface area contributed by atoms with Gasteiger partial charge in [0.2, 0.25) is 0 Å². The monoisotopic (exact) mass is 216 g/mol. The van der Waals surface area contributed by atoms with Crippen molar-refractivity contribution in [3.05, 3.63) is 35.5 Å². The van der Waals surface area contributed by atoms with Crippen molar-refractivity contribution in [2.75, 3.05) is 5.73 Å². The highest BCUT2D eigenvalue weighted by Crippen LogP contribution is 2.32. The maximum Gasteiger partial charge on any atom is 0.416 e. The molecule has 0 aromatic heterocycles. The standard InChI is InChI=1S/C10H11F3N2/c1-6(5-14)8-4-7(10(11,12)13)2-3-9(8)15/h2-5H,14-15H2,1H3/b6-5-. The third-order valence-electron chi connectivity index (χ3n) is 2.06. The van der Waals surface area contributed by atoms with Gasteiger partial charge in [-0.1, -0.05) is 0 Å². The van der Waals surface area contributed by atoms with Crippen molar-refractivity contribution in [1.82, 2.24) is 0 Å². The van der Waals surface area contributed by atoms with Gasteiger partial charge in [-0.15, -0.1) is 0 Å². The van der Waals surface area contributed by atoms with Gasteiger partial charge in [0.1, 0.15) is 0 Å². The number of benzene rings is 1. The summed E-state index contributed by atoms with van der Waals surface area (Å²) >= 11 is 0. The Morgan fingerprint density at radius 2 is 1.93 bits per heavy atom. The van der Waals surface area contributed by atoms with E-state index in [1.54, 1.807) is 6.92 Å². The van der Waals surface area contributed by atoms with Crippen LogP contribution in [0.25, 0.3) is 5.57 Å². The van der Waals surface area contributed by atoms with Crippen molar-refractivity contribution in [1.29, 1.82) is 0 Å². The Balaban J connectivity index is 3.29. The Morgan fingerprint density at radius 1 is 1.33 bits per heavy atom. The highest BCUT2D eigenvalue weighted by Gasteiger charge is 2.30. The van der Waals surface area contributed by atoms with Gasteiger partial charge in [-0.25, -0.2) is 0 Å². The quantitative estimate of drug-likeness (QED) is 0.709. The van der Waals surface area contributed by atoms with Crippen molar-refractivity contribution < 1.29 is 13.2 Å². The van der Waals surface area contributed by atoms with Crippen LogP contribution >= 0.6 is 0 Å². The van der Waals surface area contributed by atoms with Gasteiger partial charge in [-0.05, 0) is 36.9 Å². The molecule has 4 N–H and O–H groups in total. The van der Waals surface area contributed by atoms with Crippen molar-refractivity contribution in [2.45, 2.75) is 13.1 Å². The summed E-state index contributed by atoms with van der Waals surface area (Å²) in [7, 11) is 0. The first-order valence-corrected chi connectivity index (χ1v) is 4.22. The van der Waals surface area contributed by atoms with Gasteiger partial charge in [0.25, 0.3) is 0 Å². The smallest absolute Gasteiger partial charge is 0.404 e. The molecule has 15 heavy (non-hydrogen) atoms. The molecule has 0 fully saturated rings. The molecule has 0 spiro atoms. The molecule has 0 unspecified atom stereocenters. The predicted molar refractivity (Wildman–Crippen MR) is 53.7 cm³/mol. The van der Waals surface area contributed by atoms with Crippen LogP contribution < -0.4 is 11.5 Å². The van der Waals surface area contributed by atoms with Crippen LogP contribution in [-0.2, 0) is 6.18 Å². The zero-order valence-corrected chi connectivity index (χ0v) is 8.10. The molecule has 0 saturated carbocycles. The normalized spacial score (nSPS) is 12.9. The molecule has 0 aliphatic heterocycles. The van der Waals surface area contributed by atoms with E-state index in [9.17, 15) is 13.2 Å². The maximum absolute atomic E-state index is 12.4. The van der Waals surface area contributed by atoms with Crippen LogP contribution in [-0.4, -0.2) is 0 Å². The lowest BCUT2D eigenvalue weighted by molar-refractivity contribution is -0.137. The molecule has 0 amide bonds. The van der Waals surface area contributed by atoms with Crippen LogP contribution in [0.4, 0.5) is 18.9 Å². The Bertz CT molecular complexity index is 394. The van der Waals surface area contributed by atoms with Gasteiger partial charge in [-0.3, -0.25) is 0 Å². The van der Waals surface area contributed by atoms with E-state index >= 15 is 0 Å². The first kappa shape index (κ1) is 11.4. The molecule has 0 radical (unpaired) electrons. The molecule has 0 atom stereocenters. The van der Waals surface area contributed by atoms with Crippen LogP contribution in [0.5, 0.6) is 0 Å². The van der Waals surface area contributed by atoms with E-state index in [2.05, 4.69) is 0 Å². The third kappa shape index (κ3) is 2.43. The molecular formula is C10H11F3N2. The fourth-order valence-corrected chi connectivity index (χ4v) is 1.16. The van der Waals surface area contributed by atoms with Crippen LogP contribution in [0.1, 0.15) is 18.1 Å². The number of nitrogen functional groups attached to an aromatic ring is 1. The van der Waals surface area contributed by atoms with Crippen molar-refractivity contribution >= 4 is 11.3 Å². The summed E-state index contributed by atoms with van der Waals surface area (Å²) in [5, 5.41) is 0. The first-order chi connectivity index (χ1) is 6.86. The molecule has 0 bridgehead atoms. The maximum atomic E-state index is 12.4. The van der Waals surface area contributed by atoms with E-state index < -0.39 is 11.7 Å². The number of halogens is 3. The van der Waals surface area contributed by atoms with E-state index in [1.165, 1.54) is 12.3 Å². The van der Waals surface area contributed by atoms with E-state index in [1.807, 2.05) is 0 Å². The molecule has 0 aliphatic carbocycles. The minimum atomic E-state index is -4.36. The molecule has 2 nitrogen and oxygen atoms in total. The second kappa shape index (κ2) is 3.84. The Kier molecular flexibility index (Phi) is 2.93. The number of rotatable bonds is 1. The van der Waals surface area contributed by atoms with Gasteiger partial charge in [-0.2, -0.15) is 13.2 Å². The fourth-order valence-electron chi connectivity index (χ4n) is 1.16. The van der Waals surface area contributed by atoms with Gasteiger partial charge < -0.3 is 11.5 Å². The molecule has 0 saturated heterocycles. The van der Waals surface area contributed by atoms with Gasteiger partial charge in [0, 0.05) is 11.3 Å². The summed E-state index contributed by atoms with van der Waals surface area (Å²) in [6, 6.07) is 3.17. The zero-order valence-electron chi connectivity index (χ0n) is 8.10. The molecule has 1 rings (SSSR count). The number of nitrogens with two attached hydrogens (primary N) is 2. The minimum absolute atomic E-state index is 0.280. The Hall–Kier alpha value is -1.65. The largest absolute Gasteiger partial charge is 0.416 e. The highest BCUT2D eigenvalue weighted by atomic mass is 19.4. The summed E-state index contributed by atoms with van der Waals surface area (Å²) < 4.78 is 37.1. The summed E-state index contributed by atoms with van der Waals surface area (Å²) in [6.45, 7) is 1.60. The Morgan fingerprint density at radius 3 is 2.40 bits per heavy atom. The summed E-state index contributed by atoms with van der Waals surface area (Å²) in [5.41, 5.74) is 11.2. The number of hydrogen-bond acceptors (Lipinski definition) is 2. The summed E-state index contributed by atoms with van der Waals surface area (Å²) in [4.78, 5) is 0. The van der Waals surface area contributed by atoms with Crippen LogP contribution in [0.2, 0.25) is 0 Å². The van der Waals surface area contributed by atoms with E-state index in [0.29, 0.717) is 11.1 Å². The van der Waals surface area contributed by atoms with Gasteiger partial charge in [0.15, 0.2) is 0 Å². The SMILES string of the molecule is C/C(=C/N)c1cc(C(F)(F)F)ccc1N. The average molecular weight is 216 g/mol. The summed E-state index contributed by atoms with van der Waals surface area (Å²) in [5.74, 6) is 0. The van der Waals surface area contributed by atoms with Crippen molar-refractivity contribution in [3.8, 4) is 0 Å². The molecule has 0 heterocycles. The lowest BCUT2D eigenvalue weighted by Gasteiger charge is -2.11. The van der Waals surface area contributed by atoms with E-state index in [4.69, 9.17) is 11.5 Å². The number of anilines is 1. The minimum Gasteiger partial charge on any atom is -0.404 e. The molecule has 1 aromatic rings. The number of alkyl halides is 3. The van der Waals surface area contributed by atoms with E-state index in [0.717, 1.165) is 12.1 Å². The molecular weight excluding hydrogens is 205 g/mol. The van der Waals surface area contributed by atoms with Gasteiger partial charge >= 0.3 is 6.18 Å². The van der Waals surface area contributed by atoms with Crippen LogP contribution in [0, 0.1) is 0 Å². The zero-order chi connectivity index (χ0) is 11.6. The summed E-state index contributed by atoms with van der Waals surface area (Å²) in [6.07, 6.45) is -3.14. The second-order valence-electron chi connectivity index (χ2n) is 3.15. The van der Waals surface area contributed by atoms with Crippen LogP contribution in [0.3, 0.4) is 0 Å². The second-order valence-corrected chi connectivity index (χ2v) is 3.15. The lowest BCUT2D eigenvalue weighted by Crippen LogP contribution is -2.06. The highest BCUT2D eigenvalue weighted by molar-refractivity contribution is 5.74. The van der Waals surface area contributed by atoms with Gasteiger partial charge in [0.05, 0.1) is 5.56 Å².